The van der Waals surface area contributed by atoms with E-state index in [4.69, 9.17) is 0 Å². The van der Waals surface area contributed by atoms with Gasteiger partial charge in [-0.1, -0.05) is 116 Å². The van der Waals surface area contributed by atoms with E-state index >= 15 is 0 Å². The van der Waals surface area contributed by atoms with Crippen LogP contribution in [0, 0.1) is 16.7 Å². The molecule has 2 N–H and O–H groups in total. The van der Waals surface area contributed by atoms with E-state index in [0.717, 1.165) is 25.2 Å². The van der Waals surface area contributed by atoms with E-state index in [1.165, 1.54) is 70.6 Å². The van der Waals surface area contributed by atoms with Crippen LogP contribution < -0.4 is 0 Å². The number of hydrogen-bond donors (Lipinski definition) is 2. The van der Waals surface area contributed by atoms with Crippen LogP contribution in [0.2, 0.25) is 0 Å². The number of aliphatic carboxylic acids is 2. The van der Waals surface area contributed by atoms with Crippen LogP contribution in [0.3, 0.4) is 0 Å². The van der Waals surface area contributed by atoms with Gasteiger partial charge in [-0.3, -0.25) is 9.59 Å². The summed E-state index contributed by atoms with van der Waals surface area (Å²) in [5.74, 6) is -1.11. The van der Waals surface area contributed by atoms with E-state index in [1.54, 1.807) is 6.92 Å². The van der Waals surface area contributed by atoms with Gasteiger partial charge in [0.1, 0.15) is 0 Å². The lowest BCUT2D eigenvalue weighted by molar-refractivity contribution is -0.174. The van der Waals surface area contributed by atoms with Gasteiger partial charge in [-0.25, -0.2) is 0 Å². The van der Waals surface area contributed by atoms with Gasteiger partial charge in [-0.05, 0) is 32.1 Å². The van der Waals surface area contributed by atoms with Crippen LogP contribution in [0.5, 0.6) is 0 Å². The Morgan fingerprint density at radius 1 is 0.710 bits per heavy atom. The summed E-state index contributed by atoms with van der Waals surface area (Å²) in [5.41, 5.74) is -2.40. The molecule has 2 atom stereocenters. The topological polar surface area (TPSA) is 74.6 Å². The van der Waals surface area contributed by atoms with Crippen LogP contribution in [-0.2, 0) is 9.59 Å². The lowest BCUT2D eigenvalue weighted by Crippen LogP contribution is -2.51. The van der Waals surface area contributed by atoms with Crippen LogP contribution in [0.1, 0.15) is 130 Å². The van der Waals surface area contributed by atoms with E-state index in [-0.39, 0.29) is 0 Å². The Morgan fingerprint density at radius 3 is 1.55 bits per heavy atom. The van der Waals surface area contributed by atoms with Gasteiger partial charge in [0.05, 0.1) is 10.8 Å². The van der Waals surface area contributed by atoms with E-state index < -0.39 is 22.8 Å². The zero-order valence-corrected chi connectivity index (χ0v) is 20.5. The van der Waals surface area contributed by atoms with Crippen LogP contribution >= 0.6 is 0 Å². The molecule has 0 spiro atoms. The molecule has 0 fully saturated rings. The second-order valence-electron chi connectivity index (χ2n) is 10.4. The molecule has 31 heavy (non-hydrogen) atoms. The van der Waals surface area contributed by atoms with E-state index in [1.807, 2.05) is 12.2 Å². The number of hydrogen-bond acceptors (Lipinski definition) is 2. The average Bonchev–Trinajstić information content (AvgIpc) is 2.71. The molecule has 1 aliphatic carbocycles. The maximum atomic E-state index is 12.1. The van der Waals surface area contributed by atoms with Gasteiger partial charge in [-0.15, -0.1) is 0 Å². The molecule has 0 saturated heterocycles. The molecule has 0 aromatic rings. The maximum absolute atomic E-state index is 12.1. The Bertz CT molecular complexity index is 553. The number of unbranched alkanes of at least 4 members (excludes halogenated alkanes) is 12. The summed E-state index contributed by atoms with van der Waals surface area (Å²) in [7, 11) is 0. The molecule has 180 valence electrons. The van der Waals surface area contributed by atoms with Crippen LogP contribution in [0.15, 0.2) is 12.2 Å². The lowest BCUT2D eigenvalue weighted by Gasteiger charge is -2.44. The SMILES string of the molecule is CC(C)CCCCCCCCCCCCCCCC1(C(=O)O)CC=CCC1(C)C(=O)O. The van der Waals surface area contributed by atoms with Crippen molar-refractivity contribution in [3.05, 3.63) is 12.2 Å². The second kappa shape index (κ2) is 14.7. The van der Waals surface area contributed by atoms with Crippen LogP contribution in [-0.4, -0.2) is 22.2 Å². The molecule has 0 heterocycles. The minimum absolute atomic E-state index is 0.298. The predicted molar refractivity (Wildman–Crippen MR) is 128 cm³/mol. The Balaban J connectivity index is 2.10. The van der Waals surface area contributed by atoms with Gasteiger partial charge in [0.15, 0.2) is 0 Å². The summed E-state index contributed by atoms with van der Waals surface area (Å²) in [6.07, 6.45) is 22.4. The predicted octanol–water partition coefficient (Wildman–Crippen LogP) is 8.01. The van der Waals surface area contributed by atoms with Crippen molar-refractivity contribution in [2.45, 2.75) is 130 Å². The van der Waals surface area contributed by atoms with E-state index in [0.29, 0.717) is 19.3 Å². The summed E-state index contributed by atoms with van der Waals surface area (Å²) < 4.78 is 0. The van der Waals surface area contributed by atoms with Gasteiger partial charge < -0.3 is 10.2 Å². The zero-order chi connectivity index (χ0) is 23.2. The number of rotatable bonds is 18. The molecule has 0 amide bonds. The molecular formula is C27H48O4. The fourth-order valence-electron chi connectivity index (χ4n) is 5.05. The van der Waals surface area contributed by atoms with Crippen molar-refractivity contribution >= 4 is 11.9 Å². The van der Waals surface area contributed by atoms with Crippen molar-refractivity contribution in [2.75, 3.05) is 0 Å². The molecule has 0 bridgehead atoms. The van der Waals surface area contributed by atoms with Crippen molar-refractivity contribution < 1.29 is 19.8 Å². The third-order valence-corrected chi connectivity index (χ3v) is 7.48. The molecule has 4 heteroatoms. The average molecular weight is 437 g/mol. The first kappa shape index (κ1) is 27.7. The Hall–Kier alpha value is -1.32. The van der Waals surface area contributed by atoms with Crippen LogP contribution in [0.4, 0.5) is 0 Å². The highest BCUT2D eigenvalue weighted by Crippen LogP contribution is 2.52. The van der Waals surface area contributed by atoms with E-state index in [9.17, 15) is 19.8 Å². The number of allylic oxidation sites excluding steroid dienone is 2. The van der Waals surface area contributed by atoms with Gasteiger partial charge in [0.2, 0.25) is 0 Å². The van der Waals surface area contributed by atoms with Crippen molar-refractivity contribution in [1.29, 1.82) is 0 Å². The largest absolute Gasteiger partial charge is 0.481 e. The Labute approximate surface area is 190 Å². The molecule has 0 saturated carbocycles. The van der Waals surface area contributed by atoms with Gasteiger partial charge in [0, 0.05) is 0 Å². The summed E-state index contributed by atoms with van der Waals surface area (Å²) in [5, 5.41) is 19.6. The fourth-order valence-corrected chi connectivity index (χ4v) is 5.05. The number of carboxylic acid groups (broad SMARTS) is 2. The summed E-state index contributed by atoms with van der Waals surface area (Å²) in [4.78, 5) is 24.0. The minimum atomic E-state index is -1.22. The standard InChI is InChI=1S/C27H48O4/c1-23(2)19-15-13-11-9-7-5-4-6-8-10-12-14-16-21-27(25(30)31)22-18-17-20-26(27,3)24(28)29/h17-18,23H,4-16,19-22H2,1-3H3,(H,28,29)(H,30,31). The summed E-state index contributed by atoms with van der Waals surface area (Å²) >= 11 is 0. The highest BCUT2D eigenvalue weighted by Gasteiger charge is 2.57. The molecular weight excluding hydrogens is 388 g/mol. The molecule has 0 aromatic heterocycles. The van der Waals surface area contributed by atoms with Crippen molar-refractivity contribution in [3.63, 3.8) is 0 Å². The number of carboxylic acids is 2. The van der Waals surface area contributed by atoms with Gasteiger partial charge in [0.25, 0.3) is 0 Å². The lowest BCUT2D eigenvalue weighted by atomic mass is 9.56. The molecule has 2 unspecified atom stereocenters. The smallest absolute Gasteiger partial charge is 0.311 e. The summed E-state index contributed by atoms with van der Waals surface area (Å²) in [6.45, 7) is 6.21. The third-order valence-electron chi connectivity index (χ3n) is 7.48. The molecule has 4 nitrogen and oxygen atoms in total. The first-order valence-corrected chi connectivity index (χ1v) is 12.9. The molecule has 1 rings (SSSR count). The Kier molecular flexibility index (Phi) is 13.1. The quantitative estimate of drug-likeness (QED) is 0.168. The Morgan fingerprint density at radius 2 is 1.13 bits per heavy atom. The van der Waals surface area contributed by atoms with Gasteiger partial charge >= 0.3 is 11.9 Å². The monoisotopic (exact) mass is 436 g/mol. The summed E-state index contributed by atoms with van der Waals surface area (Å²) in [6, 6.07) is 0. The first-order chi connectivity index (χ1) is 14.8. The first-order valence-electron chi connectivity index (χ1n) is 12.9. The zero-order valence-electron chi connectivity index (χ0n) is 20.5. The maximum Gasteiger partial charge on any atom is 0.311 e. The third kappa shape index (κ3) is 8.98. The highest BCUT2D eigenvalue weighted by atomic mass is 16.4. The van der Waals surface area contributed by atoms with Gasteiger partial charge in [-0.2, -0.15) is 0 Å². The van der Waals surface area contributed by atoms with Crippen molar-refractivity contribution in [1.82, 2.24) is 0 Å². The fraction of sp³-hybridized carbons (Fsp3) is 0.852. The molecule has 0 aliphatic heterocycles. The second-order valence-corrected chi connectivity index (χ2v) is 10.4. The molecule has 0 radical (unpaired) electrons. The minimum Gasteiger partial charge on any atom is -0.481 e. The van der Waals surface area contributed by atoms with Crippen LogP contribution in [0.25, 0.3) is 0 Å². The molecule has 1 aliphatic rings. The molecule has 0 aromatic carbocycles. The number of carbonyl (C=O) groups is 2. The van der Waals surface area contributed by atoms with Crippen molar-refractivity contribution in [3.8, 4) is 0 Å². The van der Waals surface area contributed by atoms with Crippen molar-refractivity contribution in [2.24, 2.45) is 16.7 Å². The van der Waals surface area contributed by atoms with E-state index in [2.05, 4.69) is 13.8 Å². The highest BCUT2D eigenvalue weighted by molar-refractivity contribution is 5.87. The normalized spacial score (nSPS) is 23.4.